The lowest BCUT2D eigenvalue weighted by atomic mass is 10.1. The van der Waals surface area contributed by atoms with Crippen LogP contribution in [0.25, 0.3) is 0 Å². The van der Waals surface area contributed by atoms with E-state index in [4.69, 9.17) is 0 Å². The first-order valence-electron chi connectivity index (χ1n) is 11.4. The average molecular weight is 488 g/mol. The van der Waals surface area contributed by atoms with Gasteiger partial charge in [-0.2, -0.15) is 0 Å². The van der Waals surface area contributed by atoms with Crippen LogP contribution in [0.5, 0.6) is 0 Å². The second-order valence-corrected chi connectivity index (χ2v) is 11.7. The fraction of sp³-hybridized carbons (Fsp3) is 0.462. The molecule has 0 aliphatic rings. The highest BCUT2D eigenvalue weighted by molar-refractivity contribution is 7.92. The van der Waals surface area contributed by atoms with Gasteiger partial charge in [-0.05, 0) is 64.3 Å². The van der Waals surface area contributed by atoms with Crippen LogP contribution in [0, 0.1) is 13.8 Å². The summed E-state index contributed by atoms with van der Waals surface area (Å²) in [6, 6.07) is 14.0. The van der Waals surface area contributed by atoms with E-state index in [1.54, 1.807) is 18.2 Å². The molecule has 2 aromatic rings. The zero-order valence-electron chi connectivity index (χ0n) is 21.3. The molecule has 0 saturated carbocycles. The van der Waals surface area contributed by atoms with E-state index < -0.39 is 34.1 Å². The van der Waals surface area contributed by atoms with Crippen molar-refractivity contribution in [1.82, 2.24) is 10.2 Å². The standard InChI is InChI=1S/C26H37N3O4S/c1-8-23(25(31)27-26(4,5)6)28(17-21-14-12-19(2)13-15-21)24(30)18-29(34(7,32)33)22-11-9-10-20(3)16-22/h9-16,23H,8,17-18H2,1-7H3,(H,27,31). The molecule has 2 amide bonds. The van der Waals surface area contributed by atoms with Gasteiger partial charge in [-0.15, -0.1) is 0 Å². The maximum Gasteiger partial charge on any atom is 0.244 e. The first-order chi connectivity index (χ1) is 15.7. The van der Waals surface area contributed by atoms with Crippen molar-refractivity contribution in [3.05, 3.63) is 65.2 Å². The van der Waals surface area contributed by atoms with E-state index in [1.807, 2.05) is 71.9 Å². The van der Waals surface area contributed by atoms with Gasteiger partial charge in [0.1, 0.15) is 12.6 Å². The van der Waals surface area contributed by atoms with Crippen molar-refractivity contribution in [3.63, 3.8) is 0 Å². The molecule has 8 heteroatoms. The molecule has 0 bridgehead atoms. The number of hydrogen-bond acceptors (Lipinski definition) is 4. The van der Waals surface area contributed by atoms with Crippen molar-refractivity contribution >= 4 is 27.5 Å². The minimum absolute atomic E-state index is 0.195. The van der Waals surface area contributed by atoms with E-state index in [9.17, 15) is 18.0 Å². The molecule has 0 aliphatic carbocycles. The van der Waals surface area contributed by atoms with Gasteiger partial charge in [0.15, 0.2) is 0 Å². The van der Waals surface area contributed by atoms with Crippen LogP contribution in [-0.2, 0) is 26.2 Å². The summed E-state index contributed by atoms with van der Waals surface area (Å²) < 4.78 is 26.4. The van der Waals surface area contributed by atoms with Crippen molar-refractivity contribution in [2.24, 2.45) is 0 Å². The Morgan fingerprint density at radius 1 is 1.00 bits per heavy atom. The Kier molecular flexibility index (Phi) is 8.89. The van der Waals surface area contributed by atoms with Gasteiger partial charge in [0, 0.05) is 12.1 Å². The van der Waals surface area contributed by atoms with E-state index in [0.717, 1.165) is 27.3 Å². The summed E-state index contributed by atoms with van der Waals surface area (Å²) in [6.45, 7) is 11.1. The van der Waals surface area contributed by atoms with Crippen LogP contribution < -0.4 is 9.62 Å². The SMILES string of the molecule is CCC(C(=O)NC(C)(C)C)N(Cc1ccc(C)cc1)C(=O)CN(c1cccc(C)c1)S(C)(=O)=O. The van der Waals surface area contributed by atoms with Crippen LogP contribution >= 0.6 is 0 Å². The smallest absolute Gasteiger partial charge is 0.244 e. The summed E-state index contributed by atoms with van der Waals surface area (Å²) in [5.41, 5.74) is 2.78. The van der Waals surface area contributed by atoms with Gasteiger partial charge in [-0.1, -0.05) is 48.9 Å². The quantitative estimate of drug-likeness (QED) is 0.583. The number of rotatable bonds is 9. The minimum Gasteiger partial charge on any atom is -0.350 e. The van der Waals surface area contributed by atoms with Gasteiger partial charge in [0.2, 0.25) is 21.8 Å². The number of amides is 2. The number of benzene rings is 2. The third kappa shape index (κ3) is 7.87. The van der Waals surface area contributed by atoms with Crippen LogP contribution in [0.4, 0.5) is 5.69 Å². The zero-order valence-corrected chi connectivity index (χ0v) is 22.1. The molecule has 0 aromatic heterocycles. The van der Waals surface area contributed by atoms with Crippen LogP contribution in [0.1, 0.15) is 50.8 Å². The summed E-state index contributed by atoms with van der Waals surface area (Å²) >= 11 is 0. The average Bonchev–Trinajstić information content (AvgIpc) is 2.71. The Morgan fingerprint density at radius 2 is 1.62 bits per heavy atom. The van der Waals surface area contributed by atoms with Crippen molar-refractivity contribution < 1.29 is 18.0 Å². The summed E-state index contributed by atoms with van der Waals surface area (Å²) in [5.74, 6) is -0.708. The minimum atomic E-state index is -3.74. The third-order valence-corrected chi connectivity index (χ3v) is 6.47. The highest BCUT2D eigenvalue weighted by Crippen LogP contribution is 2.21. The Hall–Kier alpha value is -2.87. The molecule has 186 valence electrons. The predicted octanol–water partition coefficient (Wildman–Crippen LogP) is 3.79. The number of hydrogen-bond donors (Lipinski definition) is 1. The van der Waals surface area contributed by atoms with E-state index in [1.165, 1.54) is 4.90 Å². The van der Waals surface area contributed by atoms with Gasteiger partial charge in [0.05, 0.1) is 11.9 Å². The van der Waals surface area contributed by atoms with Gasteiger partial charge in [-0.3, -0.25) is 13.9 Å². The summed E-state index contributed by atoms with van der Waals surface area (Å²) in [5, 5.41) is 2.96. The fourth-order valence-electron chi connectivity index (χ4n) is 3.66. The molecule has 1 unspecified atom stereocenters. The molecule has 2 rings (SSSR count). The fourth-order valence-corrected chi connectivity index (χ4v) is 4.50. The number of nitrogens with zero attached hydrogens (tertiary/aromatic N) is 2. The summed E-state index contributed by atoms with van der Waals surface area (Å²) in [7, 11) is -3.74. The number of sulfonamides is 1. The van der Waals surface area contributed by atoms with Crippen molar-refractivity contribution in [3.8, 4) is 0 Å². The highest BCUT2D eigenvalue weighted by Gasteiger charge is 2.33. The Balaban J connectivity index is 2.45. The molecular weight excluding hydrogens is 450 g/mol. The number of nitrogens with one attached hydrogen (secondary N) is 1. The van der Waals surface area contributed by atoms with Crippen molar-refractivity contribution in [1.29, 1.82) is 0 Å². The maximum absolute atomic E-state index is 13.6. The predicted molar refractivity (Wildman–Crippen MR) is 137 cm³/mol. The number of carbonyl (C=O) groups is 2. The lowest BCUT2D eigenvalue weighted by Gasteiger charge is -2.34. The van der Waals surface area contributed by atoms with Crippen LogP contribution in [0.3, 0.4) is 0 Å². The van der Waals surface area contributed by atoms with Crippen molar-refractivity contribution in [2.45, 2.75) is 66.1 Å². The lowest BCUT2D eigenvalue weighted by molar-refractivity contribution is -0.141. The van der Waals surface area contributed by atoms with E-state index in [-0.39, 0.29) is 12.5 Å². The molecule has 0 radical (unpaired) electrons. The molecule has 0 spiro atoms. The molecule has 0 heterocycles. The first kappa shape index (κ1) is 27.4. The monoisotopic (exact) mass is 487 g/mol. The van der Waals surface area contributed by atoms with E-state index in [2.05, 4.69) is 5.32 Å². The Morgan fingerprint density at radius 3 is 2.12 bits per heavy atom. The highest BCUT2D eigenvalue weighted by atomic mass is 32.2. The number of anilines is 1. The van der Waals surface area contributed by atoms with Crippen LogP contribution in [-0.4, -0.2) is 49.5 Å². The molecule has 0 saturated heterocycles. The number of aryl methyl sites for hydroxylation is 2. The molecule has 2 aromatic carbocycles. The lowest BCUT2D eigenvalue weighted by Crippen LogP contribution is -2.55. The molecule has 1 N–H and O–H groups in total. The van der Waals surface area contributed by atoms with E-state index >= 15 is 0 Å². The number of carbonyl (C=O) groups excluding carboxylic acids is 2. The molecule has 7 nitrogen and oxygen atoms in total. The molecular formula is C26H37N3O4S. The molecule has 0 fully saturated rings. The summed E-state index contributed by atoms with van der Waals surface area (Å²) in [6.07, 6.45) is 1.47. The normalized spacial score (nSPS) is 12.7. The second kappa shape index (κ2) is 11.0. The van der Waals surface area contributed by atoms with E-state index in [0.29, 0.717) is 12.1 Å². The zero-order chi connectivity index (χ0) is 25.7. The van der Waals surface area contributed by atoms with Gasteiger partial charge in [-0.25, -0.2) is 8.42 Å². The first-order valence-corrected chi connectivity index (χ1v) is 13.3. The largest absolute Gasteiger partial charge is 0.350 e. The molecule has 1 atom stereocenters. The second-order valence-electron chi connectivity index (χ2n) is 9.78. The molecule has 34 heavy (non-hydrogen) atoms. The van der Waals surface area contributed by atoms with Crippen LogP contribution in [0.2, 0.25) is 0 Å². The maximum atomic E-state index is 13.6. The van der Waals surface area contributed by atoms with Gasteiger partial charge in [0.25, 0.3) is 0 Å². The summed E-state index contributed by atoms with van der Waals surface area (Å²) in [4.78, 5) is 28.3. The third-order valence-electron chi connectivity index (χ3n) is 5.33. The van der Waals surface area contributed by atoms with Gasteiger partial charge >= 0.3 is 0 Å². The van der Waals surface area contributed by atoms with Crippen LogP contribution in [0.15, 0.2) is 48.5 Å². The van der Waals surface area contributed by atoms with Crippen molar-refractivity contribution in [2.75, 3.05) is 17.1 Å². The Labute approximate surface area is 204 Å². The Bertz CT molecular complexity index is 1110. The topological polar surface area (TPSA) is 86.8 Å². The molecule has 0 aliphatic heterocycles. The van der Waals surface area contributed by atoms with Gasteiger partial charge < -0.3 is 10.2 Å².